The maximum absolute atomic E-state index is 12.8. The molecule has 0 radical (unpaired) electrons. The van der Waals surface area contributed by atoms with Crippen molar-refractivity contribution in [2.75, 3.05) is 19.8 Å². The first kappa shape index (κ1) is 25.9. The second-order valence-electron chi connectivity index (χ2n) is 6.60. The third kappa shape index (κ3) is 9.70. The van der Waals surface area contributed by atoms with Crippen LogP contribution in [0.25, 0.3) is 0 Å². The van der Waals surface area contributed by atoms with Gasteiger partial charge in [-0.3, -0.25) is 9.59 Å². The Morgan fingerprint density at radius 1 is 1.04 bits per heavy atom. The smallest absolute Gasteiger partial charge is 0.323 e. The summed E-state index contributed by atoms with van der Waals surface area (Å²) in [6, 6.07) is 0. The SMILES string of the molecule is C=C/C=C/[C@H](C)CC(C/C=C/C=C/CCCCO)(C(=O)OCC)C(=O)OCC. The van der Waals surface area contributed by atoms with E-state index in [1.54, 1.807) is 32.1 Å². The molecule has 28 heavy (non-hydrogen) atoms. The number of unbranched alkanes of at least 4 members (excludes halogenated alkanes) is 2. The van der Waals surface area contributed by atoms with Crippen LogP contribution in [0.2, 0.25) is 0 Å². The molecule has 1 atom stereocenters. The van der Waals surface area contributed by atoms with Gasteiger partial charge in [0.25, 0.3) is 0 Å². The highest BCUT2D eigenvalue weighted by atomic mass is 16.6. The van der Waals surface area contributed by atoms with Crippen molar-refractivity contribution in [3.8, 4) is 0 Å². The molecular formula is C23H36O5. The number of carbonyl (C=O) groups is 2. The molecule has 1 N–H and O–H groups in total. The van der Waals surface area contributed by atoms with Gasteiger partial charge in [0, 0.05) is 6.61 Å². The molecule has 0 unspecified atom stereocenters. The highest BCUT2D eigenvalue weighted by molar-refractivity contribution is 6.00. The van der Waals surface area contributed by atoms with Crippen LogP contribution in [0.5, 0.6) is 0 Å². The number of carbonyl (C=O) groups excluding carboxylic acids is 2. The van der Waals surface area contributed by atoms with E-state index in [2.05, 4.69) is 6.58 Å². The molecule has 5 nitrogen and oxygen atoms in total. The zero-order valence-electron chi connectivity index (χ0n) is 17.6. The van der Waals surface area contributed by atoms with Gasteiger partial charge in [-0.2, -0.15) is 0 Å². The second kappa shape index (κ2) is 15.9. The summed E-state index contributed by atoms with van der Waals surface area (Å²) in [4.78, 5) is 25.6. The Hall–Kier alpha value is -2.14. The molecule has 0 aliphatic rings. The Kier molecular flexibility index (Phi) is 14.7. The van der Waals surface area contributed by atoms with Crippen molar-refractivity contribution < 1.29 is 24.2 Å². The molecule has 0 aliphatic heterocycles. The van der Waals surface area contributed by atoms with E-state index in [9.17, 15) is 9.59 Å². The monoisotopic (exact) mass is 392 g/mol. The molecule has 0 rings (SSSR count). The average Bonchev–Trinajstić information content (AvgIpc) is 2.67. The number of allylic oxidation sites excluding steroid dienone is 7. The molecule has 0 aliphatic carbocycles. The Bertz CT molecular complexity index is 527. The molecule has 0 aromatic rings. The molecule has 0 spiro atoms. The number of hydrogen-bond acceptors (Lipinski definition) is 5. The van der Waals surface area contributed by atoms with Crippen LogP contribution in [0, 0.1) is 11.3 Å². The number of ether oxygens (including phenoxy) is 2. The molecule has 0 heterocycles. The summed E-state index contributed by atoms with van der Waals surface area (Å²) in [6.07, 6.45) is 16.0. The van der Waals surface area contributed by atoms with Crippen LogP contribution >= 0.6 is 0 Å². The maximum atomic E-state index is 12.8. The largest absolute Gasteiger partial charge is 0.465 e. The van der Waals surface area contributed by atoms with Crippen molar-refractivity contribution in [1.82, 2.24) is 0 Å². The first-order valence-electron chi connectivity index (χ1n) is 10.0. The molecule has 158 valence electrons. The fourth-order valence-corrected chi connectivity index (χ4v) is 2.82. The molecule has 0 amide bonds. The fourth-order valence-electron chi connectivity index (χ4n) is 2.82. The van der Waals surface area contributed by atoms with Gasteiger partial charge >= 0.3 is 11.9 Å². The van der Waals surface area contributed by atoms with Gasteiger partial charge in [-0.15, -0.1) is 0 Å². The van der Waals surface area contributed by atoms with Gasteiger partial charge in [-0.25, -0.2) is 0 Å². The lowest BCUT2D eigenvalue weighted by Crippen LogP contribution is -2.43. The minimum Gasteiger partial charge on any atom is -0.465 e. The summed E-state index contributed by atoms with van der Waals surface area (Å²) in [5.41, 5.74) is -1.38. The third-order valence-corrected chi connectivity index (χ3v) is 4.21. The van der Waals surface area contributed by atoms with Gasteiger partial charge in [0.2, 0.25) is 0 Å². The van der Waals surface area contributed by atoms with Crippen molar-refractivity contribution in [3.05, 3.63) is 49.1 Å². The lowest BCUT2D eigenvalue weighted by atomic mass is 9.76. The Labute approximate surface area is 169 Å². The van der Waals surface area contributed by atoms with E-state index < -0.39 is 17.4 Å². The van der Waals surface area contributed by atoms with Crippen molar-refractivity contribution in [2.45, 2.75) is 52.9 Å². The zero-order valence-corrected chi connectivity index (χ0v) is 17.6. The number of rotatable bonds is 15. The average molecular weight is 393 g/mol. The zero-order chi connectivity index (χ0) is 21.3. The molecule has 0 aromatic heterocycles. The van der Waals surface area contributed by atoms with Crippen LogP contribution in [0.3, 0.4) is 0 Å². The molecule has 0 saturated heterocycles. The lowest BCUT2D eigenvalue weighted by molar-refractivity contribution is -0.173. The standard InChI is InChI=1S/C23H36O5/c1-5-8-16-20(4)19-23(21(25)27-6-2,22(26)28-7-3)17-14-12-10-9-11-13-15-18-24/h5,8-10,12,14,16,20,24H,1,6-7,11,13,15,17-19H2,2-4H3/b10-9+,14-12+,16-8+/t20-/m0/s1. The summed E-state index contributed by atoms with van der Waals surface area (Å²) < 4.78 is 10.5. The maximum Gasteiger partial charge on any atom is 0.323 e. The first-order valence-corrected chi connectivity index (χ1v) is 10.0. The predicted molar refractivity (Wildman–Crippen MR) is 113 cm³/mol. The topological polar surface area (TPSA) is 72.8 Å². The third-order valence-electron chi connectivity index (χ3n) is 4.21. The van der Waals surface area contributed by atoms with Crippen LogP contribution in [-0.4, -0.2) is 36.9 Å². The van der Waals surface area contributed by atoms with Gasteiger partial charge in [-0.1, -0.05) is 56.0 Å². The summed E-state index contributed by atoms with van der Waals surface area (Å²) in [5, 5.41) is 8.78. The van der Waals surface area contributed by atoms with Crippen molar-refractivity contribution in [2.24, 2.45) is 11.3 Å². The molecule has 0 aromatic carbocycles. The van der Waals surface area contributed by atoms with Gasteiger partial charge < -0.3 is 14.6 Å². The number of aliphatic hydroxyl groups excluding tert-OH is 1. The van der Waals surface area contributed by atoms with E-state index in [0.717, 1.165) is 19.3 Å². The molecule has 0 fully saturated rings. The Morgan fingerprint density at radius 3 is 2.18 bits per heavy atom. The highest BCUT2D eigenvalue weighted by Crippen LogP contribution is 2.35. The Morgan fingerprint density at radius 2 is 1.64 bits per heavy atom. The molecule has 5 heteroatoms. The van der Waals surface area contributed by atoms with Gasteiger partial charge in [0.1, 0.15) is 0 Å². The predicted octanol–water partition coefficient (Wildman–Crippen LogP) is 4.53. The highest BCUT2D eigenvalue weighted by Gasteiger charge is 2.48. The van der Waals surface area contributed by atoms with E-state index in [0.29, 0.717) is 6.42 Å². The molecule has 0 saturated carbocycles. The van der Waals surface area contributed by atoms with E-state index in [1.807, 2.05) is 31.2 Å². The van der Waals surface area contributed by atoms with Crippen LogP contribution in [0.15, 0.2) is 49.1 Å². The van der Waals surface area contributed by atoms with E-state index in [1.165, 1.54) is 0 Å². The van der Waals surface area contributed by atoms with Crippen LogP contribution in [-0.2, 0) is 19.1 Å². The summed E-state index contributed by atoms with van der Waals surface area (Å²) in [7, 11) is 0. The molecule has 0 bridgehead atoms. The van der Waals surface area contributed by atoms with E-state index in [-0.39, 0.29) is 32.2 Å². The van der Waals surface area contributed by atoms with E-state index >= 15 is 0 Å². The van der Waals surface area contributed by atoms with Crippen molar-refractivity contribution in [3.63, 3.8) is 0 Å². The summed E-state index contributed by atoms with van der Waals surface area (Å²) in [6.45, 7) is 9.64. The number of esters is 2. The normalized spacial score (nSPS) is 13.3. The molecular weight excluding hydrogens is 356 g/mol. The Balaban J connectivity index is 5.45. The van der Waals surface area contributed by atoms with Crippen LogP contribution in [0.1, 0.15) is 52.9 Å². The van der Waals surface area contributed by atoms with E-state index in [4.69, 9.17) is 14.6 Å². The summed E-state index contributed by atoms with van der Waals surface area (Å²) in [5.74, 6) is -1.14. The van der Waals surface area contributed by atoms with Gasteiger partial charge in [-0.05, 0) is 51.9 Å². The number of aliphatic hydroxyl groups is 1. The van der Waals surface area contributed by atoms with Crippen molar-refractivity contribution in [1.29, 1.82) is 0 Å². The van der Waals surface area contributed by atoms with Gasteiger partial charge in [0.15, 0.2) is 5.41 Å². The minimum absolute atomic E-state index is 0.0331. The number of hydrogen-bond donors (Lipinski definition) is 1. The van der Waals surface area contributed by atoms with Gasteiger partial charge in [0.05, 0.1) is 13.2 Å². The van der Waals surface area contributed by atoms with Crippen LogP contribution in [0.4, 0.5) is 0 Å². The quantitative estimate of drug-likeness (QED) is 0.192. The first-order chi connectivity index (χ1) is 13.5. The summed E-state index contributed by atoms with van der Waals surface area (Å²) >= 11 is 0. The minimum atomic E-state index is -1.38. The van der Waals surface area contributed by atoms with Crippen LogP contribution < -0.4 is 0 Å². The van der Waals surface area contributed by atoms with Crippen molar-refractivity contribution >= 4 is 11.9 Å². The fraction of sp³-hybridized carbons (Fsp3) is 0.565. The lowest BCUT2D eigenvalue weighted by Gasteiger charge is -2.30. The second-order valence-corrected chi connectivity index (χ2v) is 6.60.